The van der Waals surface area contributed by atoms with Crippen molar-refractivity contribution in [3.63, 3.8) is 0 Å². The molecule has 1 aliphatic heterocycles. The minimum Gasteiger partial charge on any atom is -0.444 e. The van der Waals surface area contributed by atoms with Gasteiger partial charge in [0.25, 0.3) is 11.1 Å². The lowest BCUT2D eigenvalue weighted by atomic mass is 10.1. The number of imidazole rings is 1. The van der Waals surface area contributed by atoms with Crippen LogP contribution in [0.3, 0.4) is 0 Å². The van der Waals surface area contributed by atoms with E-state index in [2.05, 4.69) is 23.1 Å². The number of terminal acetylenes is 1. The molecule has 4 heterocycles. The molecule has 5 rings (SSSR count). The molecule has 1 fully saturated rings. The van der Waals surface area contributed by atoms with Gasteiger partial charge in [-0.25, -0.2) is 19.1 Å². The fourth-order valence-corrected chi connectivity index (χ4v) is 5.32. The van der Waals surface area contributed by atoms with Crippen LogP contribution in [-0.2, 0) is 24.4 Å². The Morgan fingerprint density at radius 2 is 1.88 bits per heavy atom. The molecule has 1 N–H and O–H groups in total. The monoisotopic (exact) mass is 581 g/mol. The first-order valence-electron chi connectivity index (χ1n) is 14.3. The number of para-hydroxylation sites is 1. The number of hydrogen-bond donors (Lipinski definition) is 1. The van der Waals surface area contributed by atoms with Crippen molar-refractivity contribution >= 4 is 34.0 Å². The number of aromatic nitrogens is 5. The van der Waals surface area contributed by atoms with Gasteiger partial charge in [-0.15, -0.1) is 12.3 Å². The smallest absolute Gasteiger partial charge is 0.407 e. The van der Waals surface area contributed by atoms with E-state index in [-0.39, 0.29) is 36.7 Å². The Balaban J connectivity index is 1.59. The molecule has 0 saturated carbocycles. The van der Waals surface area contributed by atoms with Crippen LogP contribution in [0.1, 0.15) is 46.2 Å². The zero-order chi connectivity index (χ0) is 30.7. The number of hydrogen-bond acceptors (Lipinski definition) is 7. The number of fused-ring (bicyclic) bond motifs is 2. The lowest BCUT2D eigenvalue weighted by molar-refractivity contribution is 0.0499. The summed E-state index contributed by atoms with van der Waals surface area (Å²) < 4.78 is 9.72. The van der Waals surface area contributed by atoms with Crippen molar-refractivity contribution in [2.45, 2.75) is 71.8 Å². The van der Waals surface area contributed by atoms with Gasteiger partial charge in [-0.3, -0.25) is 19.1 Å². The first kappa shape index (κ1) is 29.5. The van der Waals surface area contributed by atoms with E-state index in [0.717, 1.165) is 23.7 Å². The zero-order valence-electron chi connectivity index (χ0n) is 24.9. The molecule has 11 heteroatoms. The molecule has 0 radical (unpaired) electrons. The number of alkyl carbamates (subject to hydrolysis) is 1. The molecule has 4 aromatic rings. The largest absolute Gasteiger partial charge is 0.444 e. The molecule has 3 aromatic heterocycles. The highest BCUT2D eigenvalue weighted by Crippen LogP contribution is 2.23. The van der Waals surface area contributed by atoms with Gasteiger partial charge < -0.3 is 15.0 Å². The molecule has 0 aliphatic carbocycles. The Labute approximate surface area is 249 Å². The molecular formula is C32H35N7O4. The predicted molar refractivity (Wildman–Crippen MR) is 166 cm³/mol. The van der Waals surface area contributed by atoms with Crippen LogP contribution >= 0.6 is 0 Å². The Morgan fingerprint density at radius 1 is 1.09 bits per heavy atom. The number of rotatable bonds is 6. The summed E-state index contributed by atoms with van der Waals surface area (Å²) in [4.78, 5) is 51.9. The summed E-state index contributed by atoms with van der Waals surface area (Å²) in [5.41, 5.74) is 0.0562. The van der Waals surface area contributed by atoms with E-state index in [1.54, 1.807) is 11.5 Å². The minimum atomic E-state index is -0.619. The molecule has 0 bridgehead atoms. The normalized spacial score (nSPS) is 15.1. The average molecular weight is 582 g/mol. The molecule has 1 aliphatic rings. The topological polar surface area (TPSA) is 116 Å². The highest BCUT2D eigenvalue weighted by Gasteiger charge is 2.29. The highest BCUT2D eigenvalue weighted by atomic mass is 16.6. The molecule has 1 aromatic carbocycles. The van der Waals surface area contributed by atoms with E-state index < -0.39 is 22.8 Å². The quantitative estimate of drug-likeness (QED) is 0.348. The summed E-state index contributed by atoms with van der Waals surface area (Å²) in [7, 11) is 0. The standard InChI is InChI=1S/C32H35N7O4/c1-6-8-19-37-27-26(35-30(37)36-18-11-13-23(20-36)34-31(42)43-32(3,4)5)28(40)38(17-7-2)39(29(27)41)21-24-16-15-22-12-9-10-14-25(22)33-24/h2,9-10,12,14-16,23H,11,13,17-21H2,1,3-5H3,(H,34,42)/t23-/m1/s1. The Hall–Kier alpha value is -5.03. The maximum atomic E-state index is 14.2. The van der Waals surface area contributed by atoms with E-state index in [0.29, 0.717) is 24.7 Å². The molecule has 1 atom stereocenters. The van der Waals surface area contributed by atoms with Crippen LogP contribution in [0.2, 0.25) is 0 Å². The molecule has 43 heavy (non-hydrogen) atoms. The third kappa shape index (κ3) is 6.26. The van der Waals surface area contributed by atoms with Gasteiger partial charge in [-0.1, -0.05) is 36.1 Å². The second kappa shape index (κ2) is 12.1. The van der Waals surface area contributed by atoms with Crippen molar-refractivity contribution in [1.82, 2.24) is 29.2 Å². The van der Waals surface area contributed by atoms with Gasteiger partial charge in [0.1, 0.15) is 17.7 Å². The fraction of sp³-hybridized carbons (Fsp3) is 0.406. The van der Waals surface area contributed by atoms with Crippen molar-refractivity contribution in [1.29, 1.82) is 0 Å². The summed E-state index contributed by atoms with van der Waals surface area (Å²) in [6, 6.07) is 11.2. The molecule has 222 valence electrons. The number of ether oxygens (including phenoxy) is 1. The third-order valence-electron chi connectivity index (χ3n) is 7.16. The van der Waals surface area contributed by atoms with E-state index in [4.69, 9.17) is 21.1 Å². The van der Waals surface area contributed by atoms with Gasteiger partial charge in [0.2, 0.25) is 5.95 Å². The van der Waals surface area contributed by atoms with Gasteiger partial charge >= 0.3 is 6.09 Å². The maximum absolute atomic E-state index is 14.2. The number of pyridine rings is 1. The number of piperidine rings is 1. The van der Waals surface area contributed by atoms with Crippen LogP contribution < -0.4 is 21.3 Å². The average Bonchev–Trinajstić information content (AvgIpc) is 3.35. The third-order valence-corrected chi connectivity index (χ3v) is 7.16. The zero-order valence-corrected chi connectivity index (χ0v) is 24.9. The summed E-state index contributed by atoms with van der Waals surface area (Å²) >= 11 is 0. The maximum Gasteiger partial charge on any atom is 0.407 e. The Morgan fingerprint density at radius 3 is 2.63 bits per heavy atom. The number of carbonyl (C=O) groups is 1. The molecule has 0 unspecified atom stereocenters. The lowest BCUT2D eigenvalue weighted by Crippen LogP contribution is -2.49. The van der Waals surface area contributed by atoms with Crippen molar-refractivity contribution in [2.75, 3.05) is 18.0 Å². The summed E-state index contributed by atoms with van der Waals surface area (Å²) in [6.07, 6.45) is 6.66. The van der Waals surface area contributed by atoms with Crippen LogP contribution in [-0.4, -0.2) is 54.7 Å². The first-order chi connectivity index (χ1) is 20.6. The Kier molecular flexibility index (Phi) is 8.27. The predicted octanol–water partition coefficient (Wildman–Crippen LogP) is 3.11. The Bertz CT molecular complexity index is 1910. The number of benzene rings is 1. The van der Waals surface area contributed by atoms with Gasteiger partial charge in [-0.05, 0) is 52.7 Å². The second-order valence-corrected chi connectivity index (χ2v) is 11.5. The number of anilines is 1. The van der Waals surface area contributed by atoms with Crippen LogP contribution in [0.25, 0.3) is 21.9 Å². The van der Waals surface area contributed by atoms with Crippen molar-refractivity contribution < 1.29 is 9.53 Å². The summed E-state index contributed by atoms with van der Waals surface area (Å²) in [5, 5.41) is 3.91. The summed E-state index contributed by atoms with van der Waals surface area (Å²) in [5.74, 6) is 8.83. The second-order valence-electron chi connectivity index (χ2n) is 11.5. The van der Waals surface area contributed by atoms with Crippen molar-refractivity contribution in [3.05, 3.63) is 62.8 Å². The van der Waals surface area contributed by atoms with E-state index in [9.17, 15) is 14.4 Å². The number of carbonyl (C=O) groups excluding carboxylic acids is 1. The molecule has 11 nitrogen and oxygen atoms in total. The SMILES string of the molecule is C#CCn1c(=O)c2nc(N3CCC[C@@H](NC(=O)OC(C)(C)C)C3)n(CC#CC)c2c(=O)n1Cc1ccc2ccccc2n1. The van der Waals surface area contributed by atoms with Crippen LogP contribution in [0, 0.1) is 24.2 Å². The number of amides is 1. The van der Waals surface area contributed by atoms with Gasteiger partial charge in [-0.2, -0.15) is 0 Å². The number of nitrogens with zero attached hydrogens (tertiary/aromatic N) is 6. The molecule has 1 saturated heterocycles. The number of nitrogens with one attached hydrogen (secondary N) is 1. The molecule has 1 amide bonds. The highest BCUT2D eigenvalue weighted by molar-refractivity contribution is 5.79. The van der Waals surface area contributed by atoms with Gasteiger partial charge in [0.15, 0.2) is 5.52 Å². The van der Waals surface area contributed by atoms with Crippen molar-refractivity contribution in [2.24, 2.45) is 0 Å². The van der Waals surface area contributed by atoms with Crippen LogP contribution in [0.15, 0.2) is 46.0 Å². The van der Waals surface area contributed by atoms with Crippen LogP contribution in [0.5, 0.6) is 0 Å². The van der Waals surface area contributed by atoms with Crippen LogP contribution in [0.4, 0.5) is 10.7 Å². The minimum absolute atomic E-state index is 0.0260. The van der Waals surface area contributed by atoms with Gasteiger partial charge in [0.05, 0.1) is 24.3 Å². The first-order valence-corrected chi connectivity index (χ1v) is 14.3. The van der Waals surface area contributed by atoms with E-state index in [1.165, 1.54) is 9.36 Å². The fourth-order valence-electron chi connectivity index (χ4n) is 5.32. The van der Waals surface area contributed by atoms with E-state index in [1.807, 2.05) is 62.1 Å². The lowest BCUT2D eigenvalue weighted by Gasteiger charge is -2.34. The molecular weight excluding hydrogens is 546 g/mol. The summed E-state index contributed by atoms with van der Waals surface area (Å²) in [6.45, 7) is 8.29. The van der Waals surface area contributed by atoms with E-state index >= 15 is 0 Å². The van der Waals surface area contributed by atoms with Gasteiger partial charge in [0, 0.05) is 24.5 Å². The van der Waals surface area contributed by atoms with Crippen molar-refractivity contribution in [3.8, 4) is 24.2 Å². The molecule has 0 spiro atoms.